The van der Waals surface area contributed by atoms with Crippen molar-refractivity contribution in [3.05, 3.63) is 29.3 Å². The standard InChI is InChI=1S/C12H16N2O3/c1-8-7-9(3-4-10(8)12(16)17)14-6-5-11(15)13-2/h3-4,7,14H,5-6H2,1-2H3,(H,13,15)(H,16,17). The monoisotopic (exact) mass is 236 g/mol. The number of carboxylic acids is 1. The number of hydrogen-bond acceptors (Lipinski definition) is 3. The maximum Gasteiger partial charge on any atom is 0.335 e. The Morgan fingerprint density at radius 3 is 2.59 bits per heavy atom. The molecule has 92 valence electrons. The zero-order chi connectivity index (χ0) is 12.8. The largest absolute Gasteiger partial charge is 0.478 e. The Morgan fingerprint density at radius 2 is 2.06 bits per heavy atom. The Labute approximate surface area is 99.8 Å². The van der Waals surface area contributed by atoms with Gasteiger partial charge in [-0.1, -0.05) is 0 Å². The molecule has 0 bridgehead atoms. The summed E-state index contributed by atoms with van der Waals surface area (Å²) in [6, 6.07) is 5.01. The number of rotatable bonds is 5. The molecule has 1 aromatic carbocycles. The summed E-state index contributed by atoms with van der Waals surface area (Å²) in [5, 5.41) is 14.5. The number of benzene rings is 1. The molecule has 1 rings (SSSR count). The molecule has 5 nitrogen and oxygen atoms in total. The number of nitrogens with one attached hydrogen (secondary N) is 2. The molecule has 5 heteroatoms. The fraction of sp³-hybridized carbons (Fsp3) is 0.333. The quantitative estimate of drug-likeness (QED) is 0.718. The number of hydrogen-bond donors (Lipinski definition) is 3. The van der Waals surface area contributed by atoms with Gasteiger partial charge in [-0.05, 0) is 30.7 Å². The average molecular weight is 236 g/mol. The van der Waals surface area contributed by atoms with Crippen molar-refractivity contribution in [3.8, 4) is 0 Å². The molecule has 0 fully saturated rings. The number of anilines is 1. The van der Waals surface area contributed by atoms with Gasteiger partial charge in [0, 0.05) is 25.7 Å². The van der Waals surface area contributed by atoms with Gasteiger partial charge in [-0.25, -0.2) is 4.79 Å². The van der Waals surface area contributed by atoms with Crippen molar-refractivity contribution in [3.63, 3.8) is 0 Å². The van der Waals surface area contributed by atoms with E-state index in [1.165, 1.54) is 0 Å². The first-order valence-electron chi connectivity index (χ1n) is 5.33. The first-order valence-corrected chi connectivity index (χ1v) is 5.33. The van der Waals surface area contributed by atoms with Gasteiger partial charge in [-0.2, -0.15) is 0 Å². The third-order valence-electron chi connectivity index (χ3n) is 2.42. The van der Waals surface area contributed by atoms with E-state index in [1.54, 1.807) is 32.2 Å². The van der Waals surface area contributed by atoms with Crippen molar-refractivity contribution in [2.45, 2.75) is 13.3 Å². The van der Waals surface area contributed by atoms with Crippen molar-refractivity contribution < 1.29 is 14.7 Å². The minimum atomic E-state index is -0.931. The van der Waals surface area contributed by atoms with Crippen LogP contribution in [0.15, 0.2) is 18.2 Å². The van der Waals surface area contributed by atoms with Gasteiger partial charge in [0.1, 0.15) is 0 Å². The average Bonchev–Trinajstić information content (AvgIpc) is 2.28. The summed E-state index contributed by atoms with van der Waals surface area (Å²) in [5.74, 6) is -0.962. The van der Waals surface area contributed by atoms with E-state index in [9.17, 15) is 9.59 Å². The Balaban J connectivity index is 2.59. The van der Waals surface area contributed by atoms with E-state index in [0.29, 0.717) is 24.1 Å². The van der Waals surface area contributed by atoms with Gasteiger partial charge in [0.05, 0.1) is 5.56 Å². The van der Waals surface area contributed by atoms with Crippen LogP contribution in [0, 0.1) is 6.92 Å². The highest BCUT2D eigenvalue weighted by molar-refractivity contribution is 5.89. The third kappa shape index (κ3) is 3.79. The van der Waals surface area contributed by atoms with E-state index >= 15 is 0 Å². The lowest BCUT2D eigenvalue weighted by atomic mass is 10.1. The van der Waals surface area contributed by atoms with Crippen LogP contribution in [0.25, 0.3) is 0 Å². The van der Waals surface area contributed by atoms with Crippen LogP contribution < -0.4 is 10.6 Å². The predicted octanol–water partition coefficient (Wildman–Crippen LogP) is 1.24. The lowest BCUT2D eigenvalue weighted by molar-refractivity contribution is -0.120. The fourth-order valence-corrected chi connectivity index (χ4v) is 1.46. The lowest BCUT2D eigenvalue weighted by Crippen LogP contribution is -2.20. The highest BCUT2D eigenvalue weighted by Crippen LogP contribution is 2.15. The minimum absolute atomic E-state index is 0.0311. The maximum atomic E-state index is 11.0. The molecule has 0 atom stereocenters. The summed E-state index contributed by atoms with van der Waals surface area (Å²) in [5.41, 5.74) is 1.81. The summed E-state index contributed by atoms with van der Waals surface area (Å²) in [6.45, 7) is 2.26. The number of carbonyl (C=O) groups excluding carboxylic acids is 1. The SMILES string of the molecule is CNC(=O)CCNc1ccc(C(=O)O)c(C)c1. The van der Waals surface area contributed by atoms with Crippen LogP contribution >= 0.6 is 0 Å². The van der Waals surface area contributed by atoms with Crippen LogP contribution in [0.5, 0.6) is 0 Å². The minimum Gasteiger partial charge on any atom is -0.478 e. The van der Waals surface area contributed by atoms with Crippen molar-refractivity contribution in [2.75, 3.05) is 18.9 Å². The normalized spacial score (nSPS) is 9.76. The maximum absolute atomic E-state index is 11.0. The fourth-order valence-electron chi connectivity index (χ4n) is 1.46. The van der Waals surface area contributed by atoms with E-state index in [1.807, 2.05) is 0 Å². The molecule has 3 N–H and O–H groups in total. The summed E-state index contributed by atoms with van der Waals surface area (Å²) >= 11 is 0. The molecule has 0 aliphatic carbocycles. The van der Waals surface area contributed by atoms with E-state index < -0.39 is 5.97 Å². The zero-order valence-corrected chi connectivity index (χ0v) is 9.91. The molecule has 0 aromatic heterocycles. The molecule has 1 aromatic rings. The van der Waals surface area contributed by atoms with Crippen LogP contribution in [0.4, 0.5) is 5.69 Å². The van der Waals surface area contributed by atoms with Crippen molar-refractivity contribution >= 4 is 17.6 Å². The lowest BCUT2D eigenvalue weighted by Gasteiger charge is -2.08. The van der Waals surface area contributed by atoms with Crippen molar-refractivity contribution in [2.24, 2.45) is 0 Å². The van der Waals surface area contributed by atoms with Gasteiger partial charge in [0.15, 0.2) is 0 Å². The van der Waals surface area contributed by atoms with Gasteiger partial charge < -0.3 is 15.7 Å². The first kappa shape index (κ1) is 13.0. The molecule has 0 spiro atoms. The van der Waals surface area contributed by atoms with Gasteiger partial charge in [0.2, 0.25) is 5.91 Å². The van der Waals surface area contributed by atoms with Crippen LogP contribution in [-0.2, 0) is 4.79 Å². The second kappa shape index (κ2) is 5.89. The van der Waals surface area contributed by atoms with Crippen LogP contribution in [0.1, 0.15) is 22.3 Å². The number of amides is 1. The molecule has 17 heavy (non-hydrogen) atoms. The molecule has 0 unspecified atom stereocenters. The Hall–Kier alpha value is -2.04. The molecule has 0 radical (unpaired) electrons. The summed E-state index contributed by atoms with van der Waals surface area (Å²) in [6.07, 6.45) is 0.385. The number of aromatic carboxylic acids is 1. The molecule has 1 amide bonds. The Morgan fingerprint density at radius 1 is 1.35 bits per heavy atom. The second-order valence-electron chi connectivity index (χ2n) is 3.68. The predicted molar refractivity (Wildman–Crippen MR) is 65.3 cm³/mol. The molecular weight excluding hydrogens is 220 g/mol. The van der Waals surface area contributed by atoms with Crippen molar-refractivity contribution in [1.82, 2.24) is 5.32 Å². The first-order chi connectivity index (χ1) is 8.04. The molecule has 0 heterocycles. The van der Waals surface area contributed by atoms with Crippen LogP contribution in [-0.4, -0.2) is 30.6 Å². The van der Waals surface area contributed by atoms with E-state index in [-0.39, 0.29) is 5.91 Å². The molecule has 0 aliphatic heterocycles. The molecule has 0 aliphatic rings. The summed E-state index contributed by atoms with van der Waals surface area (Å²) in [7, 11) is 1.59. The molecule has 0 saturated heterocycles. The smallest absolute Gasteiger partial charge is 0.335 e. The summed E-state index contributed by atoms with van der Waals surface area (Å²) < 4.78 is 0. The van der Waals surface area contributed by atoms with Gasteiger partial charge >= 0.3 is 5.97 Å². The second-order valence-corrected chi connectivity index (χ2v) is 3.68. The van der Waals surface area contributed by atoms with Crippen molar-refractivity contribution in [1.29, 1.82) is 0 Å². The Bertz CT molecular complexity index is 430. The van der Waals surface area contributed by atoms with Gasteiger partial charge in [-0.15, -0.1) is 0 Å². The number of carboxylic acid groups (broad SMARTS) is 1. The topological polar surface area (TPSA) is 78.4 Å². The number of carbonyl (C=O) groups is 2. The zero-order valence-electron chi connectivity index (χ0n) is 9.91. The van der Waals surface area contributed by atoms with E-state index in [0.717, 1.165) is 5.69 Å². The van der Waals surface area contributed by atoms with Gasteiger partial charge in [-0.3, -0.25) is 4.79 Å². The highest BCUT2D eigenvalue weighted by Gasteiger charge is 2.06. The Kier molecular flexibility index (Phi) is 4.51. The van der Waals surface area contributed by atoms with Crippen LogP contribution in [0.3, 0.4) is 0 Å². The third-order valence-corrected chi connectivity index (χ3v) is 2.42. The highest BCUT2D eigenvalue weighted by atomic mass is 16.4. The van der Waals surface area contributed by atoms with E-state index in [2.05, 4.69) is 10.6 Å². The summed E-state index contributed by atoms with van der Waals surface area (Å²) in [4.78, 5) is 21.8. The van der Waals surface area contributed by atoms with E-state index in [4.69, 9.17) is 5.11 Å². The molecular formula is C12H16N2O3. The van der Waals surface area contributed by atoms with Gasteiger partial charge in [0.25, 0.3) is 0 Å². The van der Waals surface area contributed by atoms with Crippen LogP contribution in [0.2, 0.25) is 0 Å². The molecule has 0 saturated carbocycles. The number of aryl methyl sites for hydroxylation is 1.